The Hall–Kier alpha value is -4.54. The molecule has 0 aliphatic rings. The molecule has 0 unspecified atom stereocenters. The highest BCUT2D eigenvalue weighted by Gasteiger charge is 2.16. The number of hydrogen-bond donors (Lipinski definition) is 0. The van der Waals surface area contributed by atoms with Gasteiger partial charge in [0.25, 0.3) is 0 Å². The van der Waals surface area contributed by atoms with Crippen LogP contribution < -0.4 is 0 Å². The summed E-state index contributed by atoms with van der Waals surface area (Å²) >= 11 is 6.28. The van der Waals surface area contributed by atoms with Crippen molar-refractivity contribution in [2.24, 2.45) is 0 Å². The minimum Gasteiger partial charge on any atom is -0.455 e. The molecule has 0 saturated carbocycles. The lowest BCUT2D eigenvalue weighted by Crippen LogP contribution is -1.97. The summed E-state index contributed by atoms with van der Waals surface area (Å²) in [6.07, 6.45) is 0. The highest BCUT2D eigenvalue weighted by molar-refractivity contribution is 6.28. The number of benzene rings is 5. The lowest BCUT2D eigenvalue weighted by Gasteiger charge is -2.07. The van der Waals surface area contributed by atoms with E-state index in [4.69, 9.17) is 16.0 Å². The van der Waals surface area contributed by atoms with Crippen molar-refractivity contribution in [3.63, 3.8) is 0 Å². The third-order valence-electron chi connectivity index (χ3n) is 6.48. The van der Waals surface area contributed by atoms with E-state index in [2.05, 4.69) is 81.7 Å². The van der Waals surface area contributed by atoms with Gasteiger partial charge in [-0.15, -0.1) is 0 Å². The van der Waals surface area contributed by atoms with E-state index in [9.17, 15) is 0 Å². The summed E-state index contributed by atoms with van der Waals surface area (Å²) in [5, 5.41) is 4.66. The van der Waals surface area contributed by atoms with E-state index in [1.807, 2.05) is 42.5 Å². The van der Waals surface area contributed by atoms with Crippen LogP contribution in [0.2, 0.25) is 5.28 Å². The molecule has 0 fully saturated rings. The molecule has 36 heavy (non-hydrogen) atoms. The quantitative estimate of drug-likeness (QED) is 0.252. The molecule has 7 aromatic rings. The molecule has 170 valence electrons. The minimum absolute atomic E-state index is 0.154. The van der Waals surface area contributed by atoms with Crippen molar-refractivity contribution in [3.8, 4) is 33.9 Å². The van der Waals surface area contributed by atoms with E-state index in [1.54, 1.807) is 0 Å². The van der Waals surface area contributed by atoms with Crippen molar-refractivity contribution < 1.29 is 4.42 Å². The number of para-hydroxylation sites is 1. The lowest BCUT2D eigenvalue weighted by molar-refractivity contribution is 0.670. The number of aromatic nitrogens is 3. The van der Waals surface area contributed by atoms with Crippen molar-refractivity contribution in [1.29, 1.82) is 0 Å². The van der Waals surface area contributed by atoms with Crippen LogP contribution in [0.15, 0.2) is 114 Å². The van der Waals surface area contributed by atoms with Gasteiger partial charge in [-0.05, 0) is 40.1 Å². The van der Waals surface area contributed by atoms with Crippen molar-refractivity contribution in [1.82, 2.24) is 15.0 Å². The van der Waals surface area contributed by atoms with Crippen molar-refractivity contribution in [2.75, 3.05) is 0 Å². The molecule has 5 heteroatoms. The topological polar surface area (TPSA) is 51.8 Å². The summed E-state index contributed by atoms with van der Waals surface area (Å²) in [5.74, 6) is 1.04. The Kier molecular flexibility index (Phi) is 4.79. The zero-order valence-corrected chi connectivity index (χ0v) is 19.8. The SMILES string of the molecule is Clc1nc(-c2ccccc2)nc(-c2ccc3c(c2)oc2c(-c4cccc5ccccc45)cccc23)n1. The summed E-state index contributed by atoms with van der Waals surface area (Å²) in [4.78, 5) is 13.4. The van der Waals surface area contributed by atoms with Crippen LogP contribution in [0, 0.1) is 0 Å². The molecule has 5 aromatic carbocycles. The van der Waals surface area contributed by atoms with E-state index in [0.29, 0.717) is 11.6 Å². The molecule has 0 aliphatic heterocycles. The summed E-state index contributed by atoms with van der Waals surface area (Å²) in [7, 11) is 0. The molecule has 0 spiro atoms. The molecule has 0 saturated heterocycles. The molecule has 0 aliphatic carbocycles. The van der Waals surface area contributed by atoms with Gasteiger partial charge in [-0.3, -0.25) is 0 Å². The van der Waals surface area contributed by atoms with Gasteiger partial charge in [-0.1, -0.05) is 97.1 Å². The second-order valence-electron chi connectivity index (χ2n) is 8.64. The van der Waals surface area contributed by atoms with Gasteiger partial charge in [-0.25, -0.2) is 4.98 Å². The molecule has 7 rings (SSSR count). The zero-order valence-electron chi connectivity index (χ0n) is 19.0. The maximum Gasteiger partial charge on any atom is 0.226 e. The fraction of sp³-hybridized carbons (Fsp3) is 0. The van der Waals surface area contributed by atoms with E-state index in [1.165, 1.54) is 10.8 Å². The largest absolute Gasteiger partial charge is 0.455 e. The average molecular weight is 484 g/mol. The summed E-state index contributed by atoms with van der Waals surface area (Å²) in [6.45, 7) is 0. The molecule has 0 amide bonds. The Labute approximate surface area is 211 Å². The first-order valence-corrected chi connectivity index (χ1v) is 12.0. The number of rotatable bonds is 3. The van der Waals surface area contributed by atoms with E-state index < -0.39 is 0 Å². The first kappa shape index (κ1) is 20.8. The fourth-order valence-corrected chi connectivity index (χ4v) is 4.97. The second-order valence-corrected chi connectivity index (χ2v) is 8.98. The molecule has 4 nitrogen and oxygen atoms in total. The van der Waals surface area contributed by atoms with Crippen molar-refractivity contribution >= 4 is 44.3 Å². The van der Waals surface area contributed by atoms with Crippen LogP contribution in [0.25, 0.3) is 66.6 Å². The van der Waals surface area contributed by atoms with Crippen LogP contribution in [0.5, 0.6) is 0 Å². The zero-order chi connectivity index (χ0) is 24.1. The highest BCUT2D eigenvalue weighted by Crippen LogP contribution is 2.39. The van der Waals surface area contributed by atoms with E-state index in [0.717, 1.165) is 44.2 Å². The fourth-order valence-electron chi connectivity index (χ4n) is 4.81. The van der Waals surface area contributed by atoms with Gasteiger partial charge >= 0.3 is 0 Å². The molecular formula is C31H18ClN3O. The van der Waals surface area contributed by atoms with Crippen LogP contribution in [-0.2, 0) is 0 Å². The third kappa shape index (κ3) is 3.43. The van der Waals surface area contributed by atoms with Gasteiger partial charge in [0, 0.05) is 27.5 Å². The van der Waals surface area contributed by atoms with E-state index >= 15 is 0 Å². The molecule has 2 heterocycles. The number of nitrogens with zero attached hydrogens (tertiary/aromatic N) is 3. The molecule has 0 radical (unpaired) electrons. The van der Waals surface area contributed by atoms with Crippen LogP contribution >= 0.6 is 11.6 Å². The Morgan fingerprint density at radius 1 is 0.528 bits per heavy atom. The third-order valence-corrected chi connectivity index (χ3v) is 6.65. The Balaban J connectivity index is 1.40. The first-order chi connectivity index (χ1) is 17.7. The van der Waals surface area contributed by atoms with Gasteiger partial charge in [0.2, 0.25) is 5.28 Å². The number of fused-ring (bicyclic) bond motifs is 4. The van der Waals surface area contributed by atoms with Crippen molar-refractivity contribution in [3.05, 3.63) is 114 Å². The van der Waals surface area contributed by atoms with Gasteiger partial charge < -0.3 is 4.42 Å². The smallest absolute Gasteiger partial charge is 0.226 e. The summed E-state index contributed by atoms with van der Waals surface area (Å²) in [5.41, 5.74) is 5.54. The Morgan fingerprint density at radius 2 is 1.22 bits per heavy atom. The van der Waals surface area contributed by atoms with E-state index in [-0.39, 0.29) is 5.28 Å². The molecule has 0 bridgehead atoms. The normalized spacial score (nSPS) is 11.5. The van der Waals surface area contributed by atoms with Crippen LogP contribution in [0.4, 0.5) is 0 Å². The lowest BCUT2D eigenvalue weighted by atomic mass is 9.96. The predicted octanol–water partition coefficient (Wildman–Crippen LogP) is 8.58. The van der Waals surface area contributed by atoms with Crippen LogP contribution in [0.1, 0.15) is 0 Å². The van der Waals surface area contributed by atoms with Gasteiger partial charge in [0.05, 0.1) is 0 Å². The summed E-state index contributed by atoms with van der Waals surface area (Å²) < 4.78 is 6.49. The number of furan rings is 1. The molecule has 2 aromatic heterocycles. The maximum atomic E-state index is 6.49. The number of halogens is 1. The maximum absolute atomic E-state index is 6.49. The van der Waals surface area contributed by atoms with Crippen molar-refractivity contribution in [2.45, 2.75) is 0 Å². The van der Waals surface area contributed by atoms with Gasteiger partial charge in [-0.2, -0.15) is 9.97 Å². The number of hydrogen-bond acceptors (Lipinski definition) is 4. The minimum atomic E-state index is 0.154. The molecular weight excluding hydrogens is 466 g/mol. The Bertz CT molecular complexity index is 1910. The van der Waals surface area contributed by atoms with Crippen LogP contribution in [0.3, 0.4) is 0 Å². The van der Waals surface area contributed by atoms with Gasteiger partial charge in [0.15, 0.2) is 11.6 Å². The molecule has 0 N–H and O–H groups in total. The Morgan fingerprint density at radius 3 is 2.11 bits per heavy atom. The standard InChI is InChI=1S/C31H18ClN3O/c32-31-34-29(20-9-2-1-3-10-20)33-30(35-31)21-16-17-24-26-15-7-14-25(28(26)36-27(24)18-21)23-13-6-11-19-8-4-5-12-22(19)23/h1-18H. The molecule has 0 atom stereocenters. The first-order valence-electron chi connectivity index (χ1n) is 11.7. The van der Waals surface area contributed by atoms with Crippen LogP contribution in [-0.4, -0.2) is 15.0 Å². The highest BCUT2D eigenvalue weighted by atomic mass is 35.5. The summed E-state index contributed by atoms with van der Waals surface area (Å²) in [6, 6.07) is 36.9. The second kappa shape index (κ2) is 8.29. The average Bonchev–Trinajstić information content (AvgIpc) is 3.31. The van der Waals surface area contributed by atoms with Gasteiger partial charge in [0.1, 0.15) is 11.2 Å². The monoisotopic (exact) mass is 483 g/mol. The predicted molar refractivity (Wildman–Crippen MR) is 146 cm³/mol.